The third kappa shape index (κ3) is 2.04. The molecule has 2 aliphatic carbocycles. The summed E-state index contributed by atoms with van der Waals surface area (Å²) in [6, 6.07) is 0.762. The van der Waals surface area contributed by atoms with E-state index in [1.54, 1.807) is 0 Å². The molecule has 0 aromatic heterocycles. The normalized spacial score (nSPS) is 35.8. The van der Waals surface area contributed by atoms with Crippen molar-refractivity contribution >= 4 is 5.78 Å². The Labute approximate surface area is 98.4 Å². The zero-order valence-corrected chi connectivity index (χ0v) is 10.2. The van der Waals surface area contributed by atoms with Crippen LogP contribution < -0.4 is 0 Å². The molecule has 90 valence electrons. The third-order valence-electron chi connectivity index (χ3n) is 4.94. The number of nitrogens with zero attached hydrogens (tertiary/aromatic N) is 1. The molecule has 1 heterocycles. The van der Waals surface area contributed by atoms with Gasteiger partial charge in [-0.2, -0.15) is 0 Å². The van der Waals surface area contributed by atoms with Crippen molar-refractivity contribution in [3.05, 3.63) is 0 Å². The Morgan fingerprint density at radius 2 is 1.88 bits per heavy atom. The lowest BCUT2D eigenvalue weighted by molar-refractivity contribution is -0.125. The van der Waals surface area contributed by atoms with Crippen molar-refractivity contribution < 1.29 is 4.79 Å². The minimum absolute atomic E-state index is 0.410. The summed E-state index contributed by atoms with van der Waals surface area (Å²) in [7, 11) is 0. The maximum Gasteiger partial charge on any atom is 0.149 e. The van der Waals surface area contributed by atoms with E-state index < -0.39 is 0 Å². The van der Waals surface area contributed by atoms with Gasteiger partial charge in [0.05, 0.1) is 6.54 Å². The average Bonchev–Trinajstić information content (AvgIpc) is 2.92. The summed E-state index contributed by atoms with van der Waals surface area (Å²) >= 11 is 0. The SMILES string of the molecule is O=C(CN1CC2CCC1C2)C1CCCCC1. The molecular weight excluding hydrogens is 198 g/mol. The number of Topliss-reactive ketones (excluding diaryl/α,β-unsaturated/α-hetero) is 1. The number of rotatable bonds is 3. The van der Waals surface area contributed by atoms with Crippen LogP contribution in [0.3, 0.4) is 0 Å². The van der Waals surface area contributed by atoms with Gasteiger partial charge in [0.2, 0.25) is 0 Å². The van der Waals surface area contributed by atoms with Crippen LogP contribution in [0.1, 0.15) is 51.4 Å². The van der Waals surface area contributed by atoms with E-state index in [4.69, 9.17) is 0 Å². The number of hydrogen-bond donors (Lipinski definition) is 0. The predicted octanol–water partition coefficient (Wildman–Crippen LogP) is 2.62. The molecule has 0 aromatic carbocycles. The van der Waals surface area contributed by atoms with Crippen molar-refractivity contribution in [1.82, 2.24) is 4.90 Å². The smallest absolute Gasteiger partial charge is 0.149 e. The highest BCUT2D eigenvalue weighted by Gasteiger charge is 2.38. The lowest BCUT2D eigenvalue weighted by atomic mass is 9.86. The molecule has 0 amide bonds. The van der Waals surface area contributed by atoms with Crippen LogP contribution in [0.25, 0.3) is 0 Å². The zero-order chi connectivity index (χ0) is 11.0. The third-order valence-corrected chi connectivity index (χ3v) is 4.94. The first kappa shape index (κ1) is 10.8. The second-order valence-electron chi connectivity index (χ2n) is 6.06. The number of likely N-dealkylation sites (tertiary alicyclic amines) is 1. The topological polar surface area (TPSA) is 20.3 Å². The first-order chi connectivity index (χ1) is 7.83. The van der Waals surface area contributed by atoms with E-state index in [9.17, 15) is 4.79 Å². The number of carbonyl (C=O) groups excluding carboxylic acids is 1. The maximum atomic E-state index is 12.2. The van der Waals surface area contributed by atoms with Gasteiger partial charge in [0.1, 0.15) is 5.78 Å². The standard InChI is InChI=1S/C14H23NO/c16-14(12-4-2-1-3-5-12)10-15-9-11-6-7-13(15)8-11/h11-13H,1-10H2. The Morgan fingerprint density at radius 3 is 2.50 bits per heavy atom. The van der Waals surface area contributed by atoms with Gasteiger partial charge in [-0.3, -0.25) is 9.69 Å². The van der Waals surface area contributed by atoms with Gasteiger partial charge in [-0.15, -0.1) is 0 Å². The van der Waals surface area contributed by atoms with Crippen LogP contribution in [0.15, 0.2) is 0 Å². The first-order valence-electron chi connectivity index (χ1n) is 7.09. The summed E-state index contributed by atoms with van der Waals surface area (Å²) in [5.41, 5.74) is 0. The van der Waals surface area contributed by atoms with Crippen LogP contribution in [-0.4, -0.2) is 29.8 Å². The highest BCUT2D eigenvalue weighted by molar-refractivity contribution is 5.83. The summed E-state index contributed by atoms with van der Waals surface area (Å²) in [5.74, 6) is 1.88. The summed E-state index contributed by atoms with van der Waals surface area (Å²) in [5, 5.41) is 0. The number of carbonyl (C=O) groups is 1. The molecule has 2 heteroatoms. The van der Waals surface area contributed by atoms with E-state index in [1.165, 1.54) is 57.9 Å². The molecule has 1 saturated heterocycles. The molecule has 2 nitrogen and oxygen atoms in total. The van der Waals surface area contributed by atoms with Crippen LogP contribution in [0.5, 0.6) is 0 Å². The van der Waals surface area contributed by atoms with Crippen LogP contribution >= 0.6 is 0 Å². The van der Waals surface area contributed by atoms with E-state index in [0.29, 0.717) is 11.7 Å². The van der Waals surface area contributed by atoms with Gasteiger partial charge in [0.15, 0.2) is 0 Å². The maximum absolute atomic E-state index is 12.2. The van der Waals surface area contributed by atoms with Crippen LogP contribution in [0.4, 0.5) is 0 Å². The molecule has 1 aliphatic heterocycles. The van der Waals surface area contributed by atoms with E-state index >= 15 is 0 Å². The second kappa shape index (κ2) is 4.48. The minimum atomic E-state index is 0.410. The summed E-state index contributed by atoms with van der Waals surface area (Å²) in [6.45, 7) is 1.98. The molecule has 16 heavy (non-hydrogen) atoms. The van der Waals surface area contributed by atoms with E-state index in [1.807, 2.05) is 0 Å². The molecule has 3 rings (SSSR count). The van der Waals surface area contributed by atoms with Gasteiger partial charge in [0.25, 0.3) is 0 Å². The number of fused-ring (bicyclic) bond motifs is 2. The molecule has 0 N–H and O–H groups in total. The Morgan fingerprint density at radius 1 is 1.06 bits per heavy atom. The van der Waals surface area contributed by atoms with Gasteiger partial charge in [-0.1, -0.05) is 19.3 Å². The van der Waals surface area contributed by atoms with Crippen molar-refractivity contribution in [2.75, 3.05) is 13.1 Å². The van der Waals surface area contributed by atoms with Gasteiger partial charge < -0.3 is 0 Å². The number of piperidine rings is 1. The Kier molecular flexibility index (Phi) is 3.01. The highest BCUT2D eigenvalue weighted by atomic mass is 16.1. The van der Waals surface area contributed by atoms with Crippen molar-refractivity contribution in [1.29, 1.82) is 0 Å². The van der Waals surface area contributed by atoms with Gasteiger partial charge in [0, 0.05) is 18.5 Å². The quantitative estimate of drug-likeness (QED) is 0.730. The largest absolute Gasteiger partial charge is 0.298 e. The lowest BCUT2D eigenvalue weighted by Gasteiger charge is -2.28. The molecule has 3 fully saturated rings. The highest BCUT2D eigenvalue weighted by Crippen LogP contribution is 2.37. The molecule has 0 spiro atoms. The molecule has 2 bridgehead atoms. The van der Waals surface area contributed by atoms with Crippen LogP contribution in [0, 0.1) is 11.8 Å². The van der Waals surface area contributed by atoms with Gasteiger partial charge in [-0.05, 0) is 38.0 Å². The Hall–Kier alpha value is -0.370. The van der Waals surface area contributed by atoms with Crippen molar-refractivity contribution in [3.63, 3.8) is 0 Å². The molecular formula is C14H23NO. The fourth-order valence-corrected chi connectivity index (χ4v) is 3.97. The summed E-state index contributed by atoms with van der Waals surface area (Å²) in [4.78, 5) is 14.7. The van der Waals surface area contributed by atoms with Crippen LogP contribution in [0.2, 0.25) is 0 Å². The molecule has 3 aliphatic rings. The van der Waals surface area contributed by atoms with Gasteiger partial charge >= 0.3 is 0 Å². The van der Waals surface area contributed by atoms with E-state index in [0.717, 1.165) is 18.5 Å². The average molecular weight is 221 g/mol. The molecule has 2 atom stereocenters. The predicted molar refractivity (Wildman–Crippen MR) is 64.3 cm³/mol. The van der Waals surface area contributed by atoms with Crippen molar-refractivity contribution in [3.8, 4) is 0 Å². The lowest BCUT2D eigenvalue weighted by Crippen LogP contribution is -2.38. The minimum Gasteiger partial charge on any atom is -0.298 e. The zero-order valence-electron chi connectivity index (χ0n) is 10.2. The first-order valence-corrected chi connectivity index (χ1v) is 7.09. The summed E-state index contributed by atoms with van der Waals surface area (Å²) < 4.78 is 0. The monoisotopic (exact) mass is 221 g/mol. The van der Waals surface area contributed by atoms with Crippen molar-refractivity contribution in [2.45, 2.75) is 57.4 Å². The number of ketones is 1. The second-order valence-corrected chi connectivity index (χ2v) is 6.06. The molecule has 2 saturated carbocycles. The summed E-state index contributed by atoms with van der Waals surface area (Å²) in [6.07, 6.45) is 10.4. The van der Waals surface area contributed by atoms with Crippen molar-refractivity contribution in [2.24, 2.45) is 11.8 Å². The molecule has 0 radical (unpaired) electrons. The number of hydrogen-bond acceptors (Lipinski definition) is 2. The van der Waals surface area contributed by atoms with E-state index in [-0.39, 0.29) is 0 Å². The molecule has 2 unspecified atom stereocenters. The Balaban J connectivity index is 1.52. The van der Waals surface area contributed by atoms with Crippen LogP contribution in [-0.2, 0) is 4.79 Å². The Bertz CT molecular complexity index is 270. The fraction of sp³-hybridized carbons (Fsp3) is 0.929. The van der Waals surface area contributed by atoms with E-state index in [2.05, 4.69) is 4.90 Å². The molecule has 0 aromatic rings. The van der Waals surface area contributed by atoms with Gasteiger partial charge in [-0.25, -0.2) is 0 Å². The fourth-order valence-electron chi connectivity index (χ4n) is 3.97.